The summed E-state index contributed by atoms with van der Waals surface area (Å²) in [6.45, 7) is 9.27. The van der Waals surface area contributed by atoms with E-state index in [1.165, 1.54) is 29.2 Å². The topological polar surface area (TPSA) is 156 Å². The highest BCUT2D eigenvalue weighted by atomic mass is 32.2. The number of carbonyl (C=O) groups is 4. The van der Waals surface area contributed by atoms with E-state index < -0.39 is 41.6 Å². The van der Waals surface area contributed by atoms with Crippen molar-refractivity contribution >= 4 is 52.1 Å². The van der Waals surface area contributed by atoms with Gasteiger partial charge in [0.2, 0.25) is 5.91 Å². The summed E-state index contributed by atoms with van der Waals surface area (Å²) in [6, 6.07) is 15.0. The number of thiazole rings is 1. The van der Waals surface area contributed by atoms with Crippen molar-refractivity contribution in [3.8, 4) is 11.1 Å². The molecule has 0 spiro atoms. The van der Waals surface area contributed by atoms with Crippen molar-refractivity contribution in [2.24, 2.45) is 10.9 Å². The molecular formula is C35H38N4O7S2. The van der Waals surface area contributed by atoms with Crippen LogP contribution in [0.25, 0.3) is 11.1 Å². The quantitative estimate of drug-likeness (QED) is 0.146. The number of alkyl carbamates (subject to hydrolysis) is 1. The van der Waals surface area contributed by atoms with Gasteiger partial charge in [0.25, 0.3) is 0 Å². The number of nitrogens with zero attached hydrogens (tertiary/aromatic N) is 2. The largest absolute Gasteiger partial charge is 0.479 e. The first kappa shape index (κ1) is 34.8. The predicted octanol–water partition coefficient (Wildman–Crippen LogP) is 5.54. The van der Waals surface area contributed by atoms with Gasteiger partial charge >= 0.3 is 18.0 Å². The number of esters is 1. The van der Waals surface area contributed by atoms with Crippen molar-refractivity contribution in [3.63, 3.8) is 0 Å². The molecule has 0 radical (unpaired) electrons. The maximum absolute atomic E-state index is 13.1. The van der Waals surface area contributed by atoms with Gasteiger partial charge in [0.15, 0.2) is 5.54 Å². The fourth-order valence-corrected chi connectivity index (χ4v) is 7.65. The van der Waals surface area contributed by atoms with E-state index in [0.717, 1.165) is 22.3 Å². The van der Waals surface area contributed by atoms with Crippen molar-refractivity contribution < 1.29 is 33.8 Å². The van der Waals surface area contributed by atoms with E-state index in [0.29, 0.717) is 27.9 Å². The number of nitrogens with one attached hydrogen (secondary N) is 2. The van der Waals surface area contributed by atoms with Crippen LogP contribution in [-0.4, -0.2) is 69.1 Å². The highest BCUT2D eigenvalue weighted by molar-refractivity contribution is 8.14. The summed E-state index contributed by atoms with van der Waals surface area (Å²) in [5, 5.41) is 18.0. The Labute approximate surface area is 287 Å². The van der Waals surface area contributed by atoms with Gasteiger partial charge in [-0.25, -0.2) is 19.4 Å². The lowest BCUT2D eigenvalue weighted by Gasteiger charge is -2.23. The molecule has 3 atom stereocenters. The average molecular weight is 691 g/mol. The molecule has 13 heteroatoms. The third kappa shape index (κ3) is 7.63. The number of aliphatic carboxylic acids is 1. The van der Waals surface area contributed by atoms with E-state index in [1.54, 1.807) is 26.2 Å². The third-order valence-electron chi connectivity index (χ3n) is 8.41. The van der Waals surface area contributed by atoms with E-state index in [1.807, 2.05) is 36.4 Å². The summed E-state index contributed by atoms with van der Waals surface area (Å²) < 4.78 is 11.2. The predicted molar refractivity (Wildman–Crippen MR) is 185 cm³/mol. The first-order chi connectivity index (χ1) is 23.0. The van der Waals surface area contributed by atoms with Crippen LogP contribution in [0.2, 0.25) is 0 Å². The molecule has 48 heavy (non-hydrogen) atoms. The van der Waals surface area contributed by atoms with Gasteiger partial charge in [-0.1, -0.05) is 82.0 Å². The summed E-state index contributed by atoms with van der Waals surface area (Å²) in [6.07, 6.45) is -0.110. The minimum Gasteiger partial charge on any atom is -0.479 e. The van der Waals surface area contributed by atoms with Gasteiger partial charge in [0.1, 0.15) is 34.5 Å². The summed E-state index contributed by atoms with van der Waals surface area (Å²) in [5.41, 5.74) is 3.81. The third-order valence-corrected chi connectivity index (χ3v) is 10.5. The molecule has 11 nitrogen and oxygen atoms in total. The smallest absolute Gasteiger partial charge is 0.407 e. The van der Waals surface area contributed by atoms with Crippen LogP contribution < -0.4 is 10.6 Å². The molecule has 2 aromatic carbocycles. The van der Waals surface area contributed by atoms with Crippen molar-refractivity contribution in [2.75, 3.05) is 12.4 Å². The molecule has 0 fully saturated rings. The summed E-state index contributed by atoms with van der Waals surface area (Å²) in [5.74, 6) is -2.16. The van der Waals surface area contributed by atoms with Crippen molar-refractivity contribution in [1.29, 1.82) is 0 Å². The molecular weight excluding hydrogens is 653 g/mol. The molecule has 5 rings (SSSR count). The lowest BCUT2D eigenvalue weighted by atomic mass is 9.98. The number of rotatable bonds is 14. The Bertz CT molecular complexity index is 1690. The molecule has 2 heterocycles. The van der Waals surface area contributed by atoms with Crippen molar-refractivity contribution in [1.82, 2.24) is 15.6 Å². The van der Waals surface area contributed by atoms with Crippen LogP contribution in [0, 0.1) is 5.92 Å². The number of carboxylic acid groups (broad SMARTS) is 1. The lowest BCUT2D eigenvalue weighted by Crippen LogP contribution is -2.46. The van der Waals surface area contributed by atoms with E-state index >= 15 is 0 Å². The molecule has 1 aromatic heterocycles. The first-order valence-electron chi connectivity index (χ1n) is 15.7. The molecule has 252 valence electrons. The van der Waals surface area contributed by atoms with E-state index in [9.17, 15) is 24.3 Å². The van der Waals surface area contributed by atoms with E-state index in [2.05, 4.69) is 39.3 Å². The Balaban J connectivity index is 1.11. The van der Waals surface area contributed by atoms with Gasteiger partial charge in [-0.3, -0.25) is 9.79 Å². The zero-order chi connectivity index (χ0) is 34.4. The SMILES string of the molecule is C=C[C@H](CC(=O)NCc1nc(C2=N[C@](CC)(C(=O)O)CS2)cs1)OC(=O)[C@@H](NC(=O)OCC1c2ccccc2-c2ccccc21)C(C)C. The summed E-state index contributed by atoms with van der Waals surface area (Å²) >= 11 is 2.68. The fourth-order valence-electron chi connectivity index (χ4n) is 5.60. The van der Waals surface area contributed by atoms with Crippen LogP contribution in [0.5, 0.6) is 0 Å². The summed E-state index contributed by atoms with van der Waals surface area (Å²) in [7, 11) is 0. The van der Waals surface area contributed by atoms with Crippen LogP contribution in [0.4, 0.5) is 4.79 Å². The van der Waals surface area contributed by atoms with E-state index in [4.69, 9.17) is 9.47 Å². The number of thioether (sulfide) groups is 1. The zero-order valence-electron chi connectivity index (χ0n) is 26.9. The number of aromatic nitrogens is 1. The summed E-state index contributed by atoms with van der Waals surface area (Å²) in [4.78, 5) is 59.4. The minimum atomic E-state index is -1.14. The van der Waals surface area contributed by atoms with Gasteiger partial charge in [-0.2, -0.15) is 0 Å². The Hall–Kier alpha value is -4.49. The second-order valence-corrected chi connectivity index (χ2v) is 13.8. The number of amides is 2. The maximum atomic E-state index is 13.1. The van der Waals surface area contributed by atoms with Crippen LogP contribution >= 0.6 is 23.1 Å². The highest BCUT2D eigenvalue weighted by Crippen LogP contribution is 2.44. The van der Waals surface area contributed by atoms with E-state index in [-0.39, 0.29) is 31.4 Å². The number of hydrogen-bond acceptors (Lipinski definition) is 10. The van der Waals surface area contributed by atoms with Crippen molar-refractivity contribution in [2.45, 2.75) is 63.8 Å². The number of carboxylic acids is 1. The standard InChI is InChI=1S/C35H38N4O7S2/c1-5-21(15-28(40)36-16-29-37-27(18-47-29)31-39-35(6-2,19-48-31)33(42)43)46-32(41)30(20(3)4)38-34(44)45-17-26-24-13-9-7-11-22(24)23-12-8-10-14-25(23)26/h5,7-14,18,20-21,26,30H,1,6,15-17,19H2,2-4H3,(H,36,40)(H,38,44)(H,42,43)/t21-,30+,35+/m1/s1. The Morgan fingerprint density at radius 3 is 2.35 bits per heavy atom. The van der Waals surface area contributed by atoms with Gasteiger partial charge in [-0.05, 0) is 34.6 Å². The van der Waals surface area contributed by atoms with Gasteiger partial charge in [0.05, 0.1) is 13.0 Å². The Kier molecular flexibility index (Phi) is 11.0. The number of fused-ring (bicyclic) bond motifs is 3. The number of hydrogen-bond donors (Lipinski definition) is 3. The monoisotopic (exact) mass is 690 g/mol. The molecule has 3 N–H and O–H groups in total. The fraction of sp³-hybridized carbons (Fsp3) is 0.371. The zero-order valence-corrected chi connectivity index (χ0v) is 28.6. The number of carbonyl (C=O) groups excluding carboxylic acids is 3. The molecule has 3 aromatic rings. The van der Waals surface area contributed by atoms with Gasteiger partial charge < -0.3 is 25.2 Å². The van der Waals surface area contributed by atoms with Gasteiger partial charge in [0, 0.05) is 17.1 Å². The van der Waals surface area contributed by atoms with Crippen molar-refractivity contribution in [3.05, 3.63) is 88.4 Å². The molecule has 0 unspecified atom stereocenters. The van der Waals surface area contributed by atoms with Crippen LogP contribution in [0.1, 0.15) is 61.4 Å². The molecule has 0 saturated heterocycles. The van der Waals surface area contributed by atoms with Crippen LogP contribution in [0.15, 0.2) is 71.6 Å². The molecule has 0 saturated carbocycles. The molecule has 1 aliphatic heterocycles. The van der Waals surface area contributed by atoms with Gasteiger partial charge in [-0.15, -0.1) is 23.1 Å². The second kappa shape index (κ2) is 15.2. The number of aliphatic imine (C=N–C) groups is 1. The normalized spacial score (nSPS) is 17.9. The average Bonchev–Trinajstić information content (AvgIpc) is 3.81. The Morgan fingerprint density at radius 2 is 1.77 bits per heavy atom. The van der Waals surface area contributed by atoms with Crippen LogP contribution in [0.3, 0.4) is 0 Å². The first-order valence-corrected chi connectivity index (χ1v) is 17.5. The minimum absolute atomic E-state index is 0.102. The molecule has 1 aliphatic carbocycles. The second-order valence-electron chi connectivity index (χ2n) is 11.9. The number of benzene rings is 2. The molecule has 0 bridgehead atoms. The van der Waals surface area contributed by atoms with Crippen LogP contribution in [-0.2, 0) is 30.4 Å². The molecule has 2 amide bonds. The number of ether oxygens (including phenoxy) is 2. The lowest BCUT2D eigenvalue weighted by molar-refractivity contribution is -0.151. The maximum Gasteiger partial charge on any atom is 0.407 e. The molecule has 2 aliphatic rings. The highest BCUT2D eigenvalue weighted by Gasteiger charge is 2.42. The Morgan fingerprint density at radius 1 is 1.10 bits per heavy atom.